The van der Waals surface area contributed by atoms with Crippen LogP contribution < -0.4 is 21.3 Å². The number of hydrogen-bond acceptors (Lipinski definition) is 6. The Balaban J connectivity index is 1.61. The highest BCUT2D eigenvalue weighted by atomic mass is 32.2. The third-order valence-corrected chi connectivity index (χ3v) is 6.46. The number of aliphatic hydroxyl groups is 1. The summed E-state index contributed by atoms with van der Waals surface area (Å²) in [4.78, 5) is 26.9. The fourth-order valence-electron chi connectivity index (χ4n) is 3.32. The number of hydrogen-bond donors (Lipinski definition) is 3. The summed E-state index contributed by atoms with van der Waals surface area (Å²) in [5, 5.41) is 13.7. The molecule has 1 aliphatic heterocycles. The van der Waals surface area contributed by atoms with E-state index in [4.69, 9.17) is 0 Å². The molecule has 7 nitrogen and oxygen atoms in total. The number of aromatic nitrogens is 2. The van der Waals surface area contributed by atoms with Crippen LogP contribution in [-0.2, 0) is 6.54 Å². The summed E-state index contributed by atoms with van der Waals surface area (Å²) in [6, 6.07) is 5.55. The van der Waals surface area contributed by atoms with Gasteiger partial charge < -0.3 is 10.4 Å². The monoisotopic (exact) mass is 374 g/mol. The second kappa shape index (κ2) is 5.95. The standard InChI is InChI=1S/C18H22N4O3S/c23-16-14-7-13(26-20-18(25)5-6-18)3-4-15(14)21(10-11-1-2-11)17(24)22(16)12-8-19-9-12/h3-4,7,11-12,19-20,25H,1-2,5-6,8-10H2. The van der Waals surface area contributed by atoms with E-state index in [0.717, 1.165) is 30.6 Å². The fourth-order valence-corrected chi connectivity index (χ4v) is 4.15. The Bertz CT molecular complexity index is 986. The van der Waals surface area contributed by atoms with Gasteiger partial charge in [0.2, 0.25) is 0 Å². The third-order valence-electron chi connectivity index (χ3n) is 5.49. The lowest BCUT2D eigenvalue weighted by Gasteiger charge is -2.29. The van der Waals surface area contributed by atoms with E-state index in [9.17, 15) is 14.7 Å². The Morgan fingerprint density at radius 3 is 2.65 bits per heavy atom. The highest BCUT2D eigenvalue weighted by Crippen LogP contribution is 2.35. The fraction of sp³-hybridized carbons (Fsp3) is 0.556. The van der Waals surface area contributed by atoms with E-state index in [1.54, 1.807) is 4.57 Å². The van der Waals surface area contributed by atoms with Crippen molar-refractivity contribution in [3.05, 3.63) is 39.0 Å². The van der Waals surface area contributed by atoms with E-state index < -0.39 is 5.72 Å². The summed E-state index contributed by atoms with van der Waals surface area (Å²) in [7, 11) is 0. The van der Waals surface area contributed by atoms with Gasteiger partial charge in [0.15, 0.2) is 0 Å². The van der Waals surface area contributed by atoms with Crippen molar-refractivity contribution in [2.45, 2.75) is 48.9 Å². The summed E-state index contributed by atoms with van der Waals surface area (Å²) in [6.45, 7) is 2.00. The Morgan fingerprint density at radius 1 is 1.27 bits per heavy atom. The molecule has 3 aliphatic rings. The van der Waals surface area contributed by atoms with Crippen molar-refractivity contribution < 1.29 is 5.11 Å². The van der Waals surface area contributed by atoms with Gasteiger partial charge in [0, 0.05) is 24.5 Å². The molecule has 0 spiro atoms. The molecule has 2 aliphatic carbocycles. The maximum Gasteiger partial charge on any atom is 0.331 e. The van der Waals surface area contributed by atoms with Crippen molar-refractivity contribution in [3.8, 4) is 0 Å². The lowest BCUT2D eigenvalue weighted by molar-refractivity contribution is 0.142. The van der Waals surface area contributed by atoms with Crippen molar-refractivity contribution in [2.24, 2.45) is 5.92 Å². The first kappa shape index (κ1) is 16.6. The molecule has 0 bridgehead atoms. The Labute approximate surface area is 154 Å². The van der Waals surface area contributed by atoms with Crippen LogP contribution in [0.25, 0.3) is 10.9 Å². The highest BCUT2D eigenvalue weighted by molar-refractivity contribution is 7.97. The number of rotatable bonds is 6. The van der Waals surface area contributed by atoms with Crippen molar-refractivity contribution in [3.63, 3.8) is 0 Å². The topological polar surface area (TPSA) is 88.3 Å². The molecule has 138 valence electrons. The van der Waals surface area contributed by atoms with Crippen LogP contribution in [0.3, 0.4) is 0 Å². The van der Waals surface area contributed by atoms with Gasteiger partial charge in [0.1, 0.15) is 5.72 Å². The molecule has 2 aromatic rings. The van der Waals surface area contributed by atoms with Gasteiger partial charge in [0.25, 0.3) is 5.56 Å². The molecule has 0 atom stereocenters. The Kier molecular flexibility index (Phi) is 3.79. The predicted molar refractivity (Wildman–Crippen MR) is 100 cm³/mol. The van der Waals surface area contributed by atoms with Gasteiger partial charge in [-0.2, -0.15) is 0 Å². The smallest absolute Gasteiger partial charge is 0.331 e. The molecule has 5 rings (SSSR count). The van der Waals surface area contributed by atoms with Gasteiger partial charge in [-0.3, -0.25) is 13.9 Å². The first-order valence-electron chi connectivity index (χ1n) is 9.20. The molecule has 2 heterocycles. The molecule has 1 aromatic carbocycles. The normalized spacial score (nSPS) is 21.7. The predicted octanol–water partition coefficient (Wildman–Crippen LogP) is 0.797. The summed E-state index contributed by atoms with van der Waals surface area (Å²) < 4.78 is 6.26. The largest absolute Gasteiger partial charge is 0.375 e. The van der Waals surface area contributed by atoms with Gasteiger partial charge >= 0.3 is 5.69 Å². The van der Waals surface area contributed by atoms with Crippen LogP contribution in [0.2, 0.25) is 0 Å². The number of nitrogens with one attached hydrogen (secondary N) is 2. The van der Waals surface area contributed by atoms with Crippen LogP contribution in [0, 0.1) is 5.92 Å². The van der Waals surface area contributed by atoms with Gasteiger partial charge in [-0.05, 0) is 61.7 Å². The third kappa shape index (κ3) is 2.90. The first-order chi connectivity index (χ1) is 12.5. The lowest BCUT2D eigenvalue weighted by Crippen LogP contribution is -2.53. The minimum atomic E-state index is -0.776. The summed E-state index contributed by atoms with van der Waals surface area (Å²) in [5.74, 6) is 0.543. The van der Waals surface area contributed by atoms with E-state index in [1.165, 1.54) is 16.5 Å². The van der Waals surface area contributed by atoms with Crippen LogP contribution in [0.4, 0.5) is 0 Å². The molecule has 0 radical (unpaired) electrons. The molecule has 1 saturated heterocycles. The Hall–Kier alpha value is -1.61. The molecule has 0 amide bonds. The summed E-state index contributed by atoms with van der Waals surface area (Å²) in [6.07, 6.45) is 3.79. The zero-order chi connectivity index (χ0) is 17.9. The molecular weight excluding hydrogens is 352 g/mol. The number of benzene rings is 1. The minimum Gasteiger partial charge on any atom is -0.375 e. The van der Waals surface area contributed by atoms with E-state index in [2.05, 4.69) is 10.0 Å². The Morgan fingerprint density at radius 2 is 2.04 bits per heavy atom. The van der Waals surface area contributed by atoms with Gasteiger partial charge in [-0.15, -0.1) is 0 Å². The molecule has 2 saturated carbocycles. The van der Waals surface area contributed by atoms with Gasteiger partial charge in [-0.25, -0.2) is 9.52 Å². The zero-order valence-corrected chi connectivity index (χ0v) is 15.2. The average Bonchev–Trinajstić information content (AvgIpc) is 3.50. The summed E-state index contributed by atoms with van der Waals surface area (Å²) in [5.41, 5.74) is -0.463. The molecule has 3 fully saturated rings. The summed E-state index contributed by atoms with van der Waals surface area (Å²) >= 11 is 1.34. The zero-order valence-electron chi connectivity index (χ0n) is 14.4. The molecule has 0 unspecified atom stereocenters. The average molecular weight is 374 g/mol. The van der Waals surface area contributed by atoms with Crippen molar-refractivity contribution in [1.82, 2.24) is 19.2 Å². The highest BCUT2D eigenvalue weighted by Gasteiger charge is 2.40. The van der Waals surface area contributed by atoms with Crippen LogP contribution in [0.1, 0.15) is 31.7 Å². The maximum absolute atomic E-state index is 13.0. The SMILES string of the molecule is O=c1c2cc(SNC3(O)CC3)ccc2n(CC2CC2)c(=O)n1C1CNC1. The van der Waals surface area contributed by atoms with Crippen LogP contribution in [0.15, 0.2) is 32.7 Å². The molecule has 3 N–H and O–H groups in total. The second-order valence-corrected chi connectivity index (χ2v) is 8.62. The number of fused-ring (bicyclic) bond motifs is 1. The van der Waals surface area contributed by atoms with E-state index in [-0.39, 0.29) is 17.3 Å². The van der Waals surface area contributed by atoms with Gasteiger partial charge in [-0.1, -0.05) is 0 Å². The maximum atomic E-state index is 13.0. The van der Waals surface area contributed by atoms with Crippen molar-refractivity contribution >= 4 is 22.9 Å². The van der Waals surface area contributed by atoms with Crippen molar-refractivity contribution in [2.75, 3.05) is 13.1 Å². The van der Waals surface area contributed by atoms with Gasteiger partial charge in [0.05, 0.1) is 16.9 Å². The number of nitrogens with zero attached hydrogens (tertiary/aromatic N) is 2. The molecule has 26 heavy (non-hydrogen) atoms. The van der Waals surface area contributed by atoms with Crippen LogP contribution in [-0.4, -0.2) is 33.1 Å². The van der Waals surface area contributed by atoms with E-state index in [1.807, 2.05) is 18.2 Å². The molecule has 1 aromatic heterocycles. The second-order valence-electron chi connectivity index (χ2n) is 7.74. The molecular formula is C18H22N4O3S. The lowest BCUT2D eigenvalue weighted by atomic mass is 10.1. The van der Waals surface area contributed by atoms with Crippen LogP contribution in [0.5, 0.6) is 0 Å². The first-order valence-corrected chi connectivity index (χ1v) is 10.0. The minimum absolute atomic E-state index is 0.0635. The van der Waals surface area contributed by atoms with Crippen LogP contribution >= 0.6 is 11.9 Å². The van der Waals surface area contributed by atoms with Crippen molar-refractivity contribution in [1.29, 1.82) is 0 Å². The van der Waals surface area contributed by atoms with E-state index >= 15 is 0 Å². The molecule has 8 heteroatoms. The quantitative estimate of drug-likeness (QED) is 0.512. The van der Waals surface area contributed by atoms with E-state index in [0.29, 0.717) is 36.5 Å².